The molecule has 1 aliphatic carbocycles. The first-order valence-electron chi connectivity index (χ1n) is 10.0. The predicted octanol–water partition coefficient (Wildman–Crippen LogP) is 3.30. The number of hydrogen-bond acceptors (Lipinski definition) is 6. The van der Waals surface area contributed by atoms with Crippen LogP contribution in [0, 0.1) is 0 Å². The van der Waals surface area contributed by atoms with Gasteiger partial charge in [-0.15, -0.1) is 21.5 Å². The third-order valence-electron chi connectivity index (χ3n) is 5.42. The SMILES string of the molecule is O=C(CSc1nnc2n(Cc3ccccc3)c(=O)c3sccc3n12)NC1CCCC1. The van der Waals surface area contributed by atoms with Crippen LogP contribution in [-0.4, -0.2) is 36.9 Å². The Morgan fingerprint density at radius 2 is 1.97 bits per heavy atom. The third-order valence-corrected chi connectivity index (χ3v) is 7.24. The van der Waals surface area contributed by atoms with Crippen molar-refractivity contribution in [3.05, 3.63) is 57.7 Å². The number of carbonyl (C=O) groups excluding carboxylic acids is 1. The number of aromatic nitrogens is 4. The molecule has 30 heavy (non-hydrogen) atoms. The van der Waals surface area contributed by atoms with Gasteiger partial charge in [0.2, 0.25) is 11.7 Å². The number of thiophene rings is 1. The molecule has 3 heterocycles. The van der Waals surface area contributed by atoms with Crippen LogP contribution < -0.4 is 10.9 Å². The van der Waals surface area contributed by atoms with Gasteiger partial charge in [0.05, 0.1) is 17.8 Å². The molecular formula is C21H21N5O2S2. The lowest BCUT2D eigenvalue weighted by Crippen LogP contribution is -2.33. The summed E-state index contributed by atoms with van der Waals surface area (Å²) in [5.74, 6) is 0.789. The number of amides is 1. The second kappa shape index (κ2) is 8.23. The van der Waals surface area contributed by atoms with E-state index in [1.807, 2.05) is 46.2 Å². The van der Waals surface area contributed by atoms with Crippen molar-refractivity contribution in [1.29, 1.82) is 0 Å². The molecule has 0 saturated heterocycles. The van der Waals surface area contributed by atoms with E-state index in [-0.39, 0.29) is 17.2 Å². The average Bonchev–Trinajstić information content (AvgIpc) is 3.50. The molecular weight excluding hydrogens is 418 g/mol. The number of rotatable bonds is 6. The maximum atomic E-state index is 13.1. The maximum Gasteiger partial charge on any atom is 0.273 e. The fourth-order valence-corrected chi connectivity index (χ4v) is 5.55. The summed E-state index contributed by atoms with van der Waals surface area (Å²) in [5.41, 5.74) is 1.73. The predicted molar refractivity (Wildman–Crippen MR) is 119 cm³/mol. The first kappa shape index (κ1) is 19.3. The molecule has 7 nitrogen and oxygen atoms in total. The minimum Gasteiger partial charge on any atom is -0.353 e. The van der Waals surface area contributed by atoms with E-state index in [2.05, 4.69) is 15.5 Å². The summed E-state index contributed by atoms with van der Waals surface area (Å²) >= 11 is 2.77. The molecule has 3 aromatic heterocycles. The Kier molecular flexibility index (Phi) is 5.30. The quantitative estimate of drug-likeness (QED) is 0.466. The fraction of sp³-hybridized carbons (Fsp3) is 0.333. The lowest BCUT2D eigenvalue weighted by molar-refractivity contribution is -0.119. The van der Waals surface area contributed by atoms with Crippen LogP contribution >= 0.6 is 23.1 Å². The molecule has 5 rings (SSSR count). The topological polar surface area (TPSA) is 81.3 Å². The zero-order valence-electron chi connectivity index (χ0n) is 16.3. The Morgan fingerprint density at radius 3 is 2.77 bits per heavy atom. The van der Waals surface area contributed by atoms with Gasteiger partial charge in [-0.3, -0.25) is 18.6 Å². The van der Waals surface area contributed by atoms with Crippen LogP contribution in [-0.2, 0) is 11.3 Å². The van der Waals surface area contributed by atoms with Gasteiger partial charge in [0, 0.05) is 6.04 Å². The molecule has 4 aromatic rings. The molecule has 0 spiro atoms. The van der Waals surface area contributed by atoms with Crippen LogP contribution in [0.2, 0.25) is 0 Å². The van der Waals surface area contributed by atoms with Gasteiger partial charge in [0.1, 0.15) is 4.70 Å². The molecule has 1 aliphatic rings. The standard InChI is InChI=1S/C21H21N5O2S2/c27-17(22-15-8-4-5-9-15)13-30-21-24-23-20-25(12-14-6-2-1-3-7-14)19(28)18-16(26(20)21)10-11-29-18/h1-3,6-7,10-11,15H,4-5,8-9,12-13H2,(H,22,27). The molecule has 0 bridgehead atoms. The number of benzene rings is 1. The van der Waals surface area contributed by atoms with Crippen molar-refractivity contribution < 1.29 is 4.79 Å². The summed E-state index contributed by atoms with van der Waals surface area (Å²) in [7, 11) is 0. The van der Waals surface area contributed by atoms with E-state index in [1.165, 1.54) is 35.9 Å². The van der Waals surface area contributed by atoms with Gasteiger partial charge in [-0.25, -0.2) is 0 Å². The molecule has 0 aliphatic heterocycles. The smallest absolute Gasteiger partial charge is 0.273 e. The van der Waals surface area contributed by atoms with Crippen molar-refractivity contribution in [1.82, 2.24) is 24.5 Å². The summed E-state index contributed by atoms with van der Waals surface area (Å²) in [6.45, 7) is 0.419. The van der Waals surface area contributed by atoms with E-state index < -0.39 is 0 Å². The number of nitrogens with one attached hydrogen (secondary N) is 1. The van der Waals surface area contributed by atoms with Gasteiger partial charge < -0.3 is 5.32 Å². The Hall–Kier alpha value is -2.65. The van der Waals surface area contributed by atoms with Crippen LogP contribution in [0.3, 0.4) is 0 Å². The molecule has 1 amide bonds. The monoisotopic (exact) mass is 439 g/mol. The van der Waals surface area contributed by atoms with Crippen LogP contribution in [0.1, 0.15) is 31.2 Å². The van der Waals surface area contributed by atoms with E-state index >= 15 is 0 Å². The van der Waals surface area contributed by atoms with Crippen LogP contribution in [0.15, 0.2) is 51.7 Å². The van der Waals surface area contributed by atoms with Gasteiger partial charge in [0.15, 0.2) is 5.16 Å². The minimum absolute atomic E-state index is 0.0165. The zero-order chi connectivity index (χ0) is 20.5. The van der Waals surface area contributed by atoms with E-state index in [0.29, 0.717) is 28.2 Å². The molecule has 1 fully saturated rings. The zero-order valence-corrected chi connectivity index (χ0v) is 17.9. The molecule has 0 unspecified atom stereocenters. The van der Waals surface area contributed by atoms with Crippen LogP contribution in [0.4, 0.5) is 0 Å². The number of nitrogens with zero attached hydrogens (tertiary/aromatic N) is 4. The van der Waals surface area contributed by atoms with E-state index in [1.54, 1.807) is 4.57 Å². The van der Waals surface area contributed by atoms with Crippen molar-refractivity contribution >= 4 is 45.0 Å². The Balaban J connectivity index is 1.48. The van der Waals surface area contributed by atoms with Crippen molar-refractivity contribution in [3.8, 4) is 0 Å². The average molecular weight is 440 g/mol. The maximum absolute atomic E-state index is 13.1. The van der Waals surface area contributed by atoms with Crippen LogP contribution in [0.5, 0.6) is 0 Å². The largest absolute Gasteiger partial charge is 0.353 e. The van der Waals surface area contributed by atoms with E-state index in [9.17, 15) is 9.59 Å². The van der Waals surface area contributed by atoms with Crippen molar-refractivity contribution in [2.24, 2.45) is 0 Å². The molecule has 0 radical (unpaired) electrons. The van der Waals surface area contributed by atoms with E-state index in [4.69, 9.17) is 0 Å². The molecule has 1 saturated carbocycles. The first-order chi connectivity index (χ1) is 14.7. The number of carbonyl (C=O) groups is 1. The molecule has 0 atom stereocenters. The highest BCUT2D eigenvalue weighted by Crippen LogP contribution is 2.25. The first-order valence-corrected chi connectivity index (χ1v) is 11.9. The lowest BCUT2D eigenvalue weighted by atomic mass is 10.2. The normalized spacial score (nSPS) is 14.7. The van der Waals surface area contributed by atoms with Crippen molar-refractivity contribution in [2.75, 3.05) is 5.75 Å². The van der Waals surface area contributed by atoms with E-state index in [0.717, 1.165) is 23.9 Å². The van der Waals surface area contributed by atoms with Gasteiger partial charge in [-0.1, -0.05) is 54.9 Å². The highest BCUT2D eigenvalue weighted by atomic mass is 32.2. The Morgan fingerprint density at radius 1 is 1.17 bits per heavy atom. The highest BCUT2D eigenvalue weighted by molar-refractivity contribution is 7.99. The second-order valence-electron chi connectivity index (χ2n) is 7.47. The number of thioether (sulfide) groups is 1. The fourth-order valence-electron chi connectivity index (χ4n) is 3.97. The molecule has 154 valence electrons. The summed E-state index contributed by atoms with van der Waals surface area (Å²) < 4.78 is 4.21. The lowest BCUT2D eigenvalue weighted by Gasteiger charge is -2.11. The van der Waals surface area contributed by atoms with Crippen molar-refractivity contribution in [2.45, 2.75) is 43.4 Å². The van der Waals surface area contributed by atoms with Crippen LogP contribution in [0.25, 0.3) is 16.0 Å². The third kappa shape index (κ3) is 3.63. The van der Waals surface area contributed by atoms with Crippen molar-refractivity contribution in [3.63, 3.8) is 0 Å². The van der Waals surface area contributed by atoms with Gasteiger partial charge >= 0.3 is 0 Å². The summed E-state index contributed by atoms with van der Waals surface area (Å²) in [5, 5.41) is 14.3. The molecule has 1 aromatic carbocycles. The summed E-state index contributed by atoms with van der Waals surface area (Å²) in [6, 6.07) is 12.0. The van der Waals surface area contributed by atoms with Gasteiger partial charge in [0.25, 0.3) is 5.56 Å². The Bertz CT molecular complexity index is 1260. The van der Waals surface area contributed by atoms with Gasteiger partial charge in [-0.05, 0) is 29.9 Å². The minimum atomic E-state index is -0.0701. The van der Waals surface area contributed by atoms with Gasteiger partial charge in [-0.2, -0.15) is 0 Å². The number of fused-ring (bicyclic) bond motifs is 3. The Labute approximate surface area is 181 Å². The molecule has 1 N–H and O–H groups in total. The highest BCUT2D eigenvalue weighted by Gasteiger charge is 2.20. The number of hydrogen-bond donors (Lipinski definition) is 1. The second-order valence-corrected chi connectivity index (χ2v) is 9.33. The molecule has 9 heteroatoms. The summed E-state index contributed by atoms with van der Waals surface area (Å²) in [6.07, 6.45) is 4.49. The summed E-state index contributed by atoms with van der Waals surface area (Å²) in [4.78, 5) is 25.5.